The van der Waals surface area contributed by atoms with Crippen molar-refractivity contribution in [2.45, 2.75) is 11.5 Å². The van der Waals surface area contributed by atoms with Gasteiger partial charge >= 0.3 is 0 Å². The van der Waals surface area contributed by atoms with Crippen molar-refractivity contribution in [1.29, 1.82) is 0 Å². The Balaban J connectivity index is 1.60. The van der Waals surface area contributed by atoms with E-state index in [2.05, 4.69) is 0 Å². The standard InChI is InChI=1S/C28H21NO4/c30-23-15-21-25(16-24(23)31)33-17-28(21)20-13-7-8-14-22(20)29(27(28)32)26(18-9-3-1-4-10-18)19-11-5-2-6-12-19/h1-16,26,30-31H,17H2. The molecule has 0 radical (unpaired) electrons. The second-order valence-electron chi connectivity index (χ2n) is 8.45. The summed E-state index contributed by atoms with van der Waals surface area (Å²) < 4.78 is 5.92. The van der Waals surface area contributed by atoms with Crippen molar-refractivity contribution in [2.24, 2.45) is 0 Å². The maximum atomic E-state index is 14.4. The van der Waals surface area contributed by atoms with Crippen LogP contribution in [0.25, 0.3) is 0 Å². The topological polar surface area (TPSA) is 70.0 Å². The van der Waals surface area contributed by atoms with E-state index in [0.717, 1.165) is 22.4 Å². The molecule has 0 fully saturated rings. The molecule has 4 aromatic carbocycles. The number of benzene rings is 4. The summed E-state index contributed by atoms with van der Waals surface area (Å²) in [4.78, 5) is 16.3. The molecule has 162 valence electrons. The van der Waals surface area contributed by atoms with Crippen LogP contribution in [0.5, 0.6) is 17.2 Å². The Morgan fingerprint density at radius 3 is 2.00 bits per heavy atom. The zero-order valence-corrected chi connectivity index (χ0v) is 17.7. The minimum Gasteiger partial charge on any atom is -0.504 e. The smallest absolute Gasteiger partial charge is 0.246 e. The highest BCUT2D eigenvalue weighted by Gasteiger charge is 2.58. The Morgan fingerprint density at radius 2 is 1.33 bits per heavy atom. The van der Waals surface area contributed by atoms with Gasteiger partial charge in [-0.25, -0.2) is 0 Å². The molecule has 6 rings (SSSR count). The van der Waals surface area contributed by atoms with E-state index >= 15 is 0 Å². The molecule has 0 saturated heterocycles. The number of nitrogens with zero attached hydrogens (tertiary/aromatic N) is 1. The van der Waals surface area contributed by atoms with Gasteiger partial charge in [-0.3, -0.25) is 9.69 Å². The lowest BCUT2D eigenvalue weighted by Gasteiger charge is -2.31. The number of para-hydroxylation sites is 1. The van der Waals surface area contributed by atoms with Crippen LogP contribution in [-0.4, -0.2) is 22.7 Å². The fourth-order valence-corrected chi connectivity index (χ4v) is 5.17. The van der Waals surface area contributed by atoms with Gasteiger partial charge in [0.2, 0.25) is 5.91 Å². The highest BCUT2D eigenvalue weighted by molar-refractivity contribution is 6.12. The van der Waals surface area contributed by atoms with E-state index in [1.807, 2.05) is 89.8 Å². The van der Waals surface area contributed by atoms with Gasteiger partial charge in [-0.15, -0.1) is 0 Å². The van der Waals surface area contributed by atoms with Crippen molar-refractivity contribution < 1.29 is 19.7 Å². The summed E-state index contributed by atoms with van der Waals surface area (Å²) in [6.45, 7) is 0.105. The fourth-order valence-electron chi connectivity index (χ4n) is 5.17. The number of rotatable bonds is 3. The van der Waals surface area contributed by atoms with E-state index in [9.17, 15) is 15.0 Å². The van der Waals surface area contributed by atoms with Gasteiger partial charge in [-0.05, 0) is 28.8 Å². The highest BCUT2D eigenvalue weighted by Crippen LogP contribution is 2.56. The molecule has 0 aliphatic carbocycles. The number of aromatic hydroxyl groups is 2. The summed E-state index contributed by atoms with van der Waals surface area (Å²) in [5, 5.41) is 20.3. The number of phenolic OH excluding ortho intramolecular Hbond substituents is 2. The minimum absolute atomic E-state index is 0.105. The van der Waals surface area contributed by atoms with Gasteiger partial charge in [0, 0.05) is 17.3 Å². The van der Waals surface area contributed by atoms with Crippen LogP contribution in [0.4, 0.5) is 5.69 Å². The first-order valence-corrected chi connectivity index (χ1v) is 10.8. The molecule has 1 spiro atoms. The Hall–Kier alpha value is -4.25. The summed E-state index contributed by atoms with van der Waals surface area (Å²) in [6.07, 6.45) is 0. The number of ether oxygens (including phenoxy) is 1. The Morgan fingerprint density at radius 1 is 0.758 bits per heavy atom. The van der Waals surface area contributed by atoms with E-state index in [4.69, 9.17) is 4.74 Å². The molecule has 5 nitrogen and oxygen atoms in total. The van der Waals surface area contributed by atoms with E-state index in [0.29, 0.717) is 11.3 Å². The van der Waals surface area contributed by atoms with E-state index in [1.165, 1.54) is 12.1 Å². The number of anilines is 1. The Bertz CT molecular complexity index is 1330. The molecule has 0 aromatic heterocycles. The Kier molecular flexibility index (Phi) is 4.20. The van der Waals surface area contributed by atoms with Crippen LogP contribution in [0.3, 0.4) is 0 Å². The molecule has 2 N–H and O–H groups in total. The predicted molar refractivity (Wildman–Crippen MR) is 125 cm³/mol. The Labute approximate surface area is 191 Å². The number of hydrogen-bond acceptors (Lipinski definition) is 4. The maximum Gasteiger partial charge on any atom is 0.246 e. The van der Waals surface area contributed by atoms with Gasteiger partial charge in [0.15, 0.2) is 11.5 Å². The third-order valence-electron chi connectivity index (χ3n) is 6.68. The van der Waals surface area contributed by atoms with Crippen LogP contribution in [0, 0.1) is 0 Å². The van der Waals surface area contributed by atoms with Crippen LogP contribution >= 0.6 is 0 Å². The van der Waals surface area contributed by atoms with Gasteiger partial charge in [0.1, 0.15) is 17.8 Å². The monoisotopic (exact) mass is 435 g/mol. The third kappa shape index (κ3) is 2.69. The second kappa shape index (κ2) is 7.14. The first-order chi connectivity index (χ1) is 16.1. The van der Waals surface area contributed by atoms with Crippen LogP contribution in [0.2, 0.25) is 0 Å². The minimum atomic E-state index is -1.10. The first kappa shape index (κ1) is 19.4. The van der Waals surface area contributed by atoms with Crippen LogP contribution in [0.15, 0.2) is 97.1 Å². The number of phenols is 2. The zero-order chi connectivity index (χ0) is 22.6. The normalized spacial score (nSPS) is 18.5. The molecule has 0 saturated carbocycles. The second-order valence-corrected chi connectivity index (χ2v) is 8.45. The van der Waals surface area contributed by atoms with Crippen molar-refractivity contribution in [3.8, 4) is 17.2 Å². The third-order valence-corrected chi connectivity index (χ3v) is 6.68. The molecule has 0 bridgehead atoms. The summed E-state index contributed by atoms with van der Waals surface area (Å²) >= 11 is 0. The number of carbonyl (C=O) groups excluding carboxylic acids is 1. The summed E-state index contributed by atoms with van der Waals surface area (Å²) in [7, 11) is 0. The average Bonchev–Trinajstić information content (AvgIpc) is 3.33. The van der Waals surface area contributed by atoms with Crippen molar-refractivity contribution in [2.75, 3.05) is 11.5 Å². The van der Waals surface area contributed by atoms with Crippen LogP contribution in [-0.2, 0) is 10.2 Å². The fraction of sp³-hybridized carbons (Fsp3) is 0.107. The lowest BCUT2D eigenvalue weighted by Crippen LogP contribution is -2.44. The highest BCUT2D eigenvalue weighted by atomic mass is 16.5. The molecule has 1 unspecified atom stereocenters. The molecule has 4 aromatic rings. The zero-order valence-electron chi connectivity index (χ0n) is 17.7. The molecule has 2 aliphatic rings. The predicted octanol–water partition coefficient (Wildman–Crippen LogP) is 4.91. The van der Waals surface area contributed by atoms with Gasteiger partial charge < -0.3 is 14.9 Å². The molecular weight excluding hydrogens is 414 g/mol. The quantitative estimate of drug-likeness (QED) is 0.449. The van der Waals surface area contributed by atoms with Gasteiger partial charge in [0.25, 0.3) is 0 Å². The lowest BCUT2D eigenvalue weighted by molar-refractivity contribution is -0.122. The molecule has 2 heterocycles. The van der Waals surface area contributed by atoms with E-state index in [1.54, 1.807) is 0 Å². The molecule has 1 amide bonds. The average molecular weight is 435 g/mol. The first-order valence-electron chi connectivity index (χ1n) is 10.8. The molecule has 33 heavy (non-hydrogen) atoms. The number of fused-ring (bicyclic) bond motifs is 4. The van der Waals surface area contributed by atoms with E-state index in [-0.39, 0.29) is 30.1 Å². The molecule has 1 atom stereocenters. The van der Waals surface area contributed by atoms with Crippen LogP contribution < -0.4 is 9.64 Å². The van der Waals surface area contributed by atoms with Crippen molar-refractivity contribution in [1.82, 2.24) is 0 Å². The molecule has 5 heteroatoms. The van der Waals surface area contributed by atoms with Gasteiger partial charge in [-0.1, -0.05) is 78.9 Å². The van der Waals surface area contributed by atoms with Gasteiger partial charge in [-0.2, -0.15) is 0 Å². The van der Waals surface area contributed by atoms with Gasteiger partial charge in [0.05, 0.1) is 6.04 Å². The lowest BCUT2D eigenvalue weighted by atomic mass is 9.77. The number of amides is 1. The molecule has 2 aliphatic heterocycles. The summed E-state index contributed by atoms with van der Waals surface area (Å²) in [6, 6.07) is 30.2. The van der Waals surface area contributed by atoms with Crippen molar-refractivity contribution in [3.63, 3.8) is 0 Å². The summed E-state index contributed by atoms with van der Waals surface area (Å²) in [5.41, 5.74) is 3.10. The number of hydrogen-bond donors (Lipinski definition) is 2. The largest absolute Gasteiger partial charge is 0.504 e. The molecular formula is C28H21NO4. The van der Waals surface area contributed by atoms with E-state index < -0.39 is 5.41 Å². The van der Waals surface area contributed by atoms with Crippen molar-refractivity contribution in [3.05, 3.63) is 119 Å². The van der Waals surface area contributed by atoms with Crippen molar-refractivity contribution >= 4 is 11.6 Å². The maximum absolute atomic E-state index is 14.4. The van der Waals surface area contributed by atoms with Crippen LogP contribution in [0.1, 0.15) is 28.3 Å². The SMILES string of the molecule is O=C1N(C(c2ccccc2)c2ccccc2)c2ccccc2C12COc1cc(O)c(O)cc12. The summed E-state index contributed by atoms with van der Waals surface area (Å²) in [5.74, 6) is -0.255. The number of carbonyl (C=O) groups is 1.